The maximum atomic E-state index is 8.93. The van der Waals surface area contributed by atoms with E-state index in [1.165, 1.54) is 0 Å². The molecule has 0 saturated carbocycles. The van der Waals surface area contributed by atoms with Gasteiger partial charge in [0.25, 0.3) is 0 Å². The van der Waals surface area contributed by atoms with E-state index in [4.69, 9.17) is 31.3 Å². The number of aliphatic carboxylic acids is 2. The number of hydrogen-bond donors (Lipinski definition) is 2. The quantitative estimate of drug-likeness (QED) is 0.439. The van der Waals surface area contributed by atoms with E-state index in [0.29, 0.717) is 13.1 Å². The molecule has 8 heteroatoms. The average Bonchev–Trinajstić information content (AvgIpc) is 1.89. The van der Waals surface area contributed by atoms with Gasteiger partial charge in [0.2, 0.25) is 0 Å². The Labute approximate surface area is 85.9 Å². The number of carboxylic acid groups (broad SMARTS) is 2. The summed E-state index contributed by atoms with van der Waals surface area (Å²) in [4.78, 5) is 17.9. The molecule has 0 bridgehead atoms. The molecule has 0 amide bonds. The maximum Gasteiger partial charge on any atom is 3.00 e. The van der Waals surface area contributed by atoms with Crippen LogP contribution >= 0.6 is 0 Å². The standard InChI is InChI=1S/C2H8N2.C2H2O4.ClH.Co/c3-1-2-4;3-1(4)2(5)6;;/h1-4H2;(H,3,4)(H,5,6);1H;/q;;;+3/p-3. The predicted molar refractivity (Wildman–Crippen MR) is 28.1 cm³/mol. The summed E-state index contributed by atoms with van der Waals surface area (Å²) in [5.74, 6) is -4.37. The summed E-state index contributed by atoms with van der Waals surface area (Å²) in [6.07, 6.45) is 0. The van der Waals surface area contributed by atoms with Crippen molar-refractivity contribution in [2.24, 2.45) is 11.5 Å². The summed E-state index contributed by atoms with van der Waals surface area (Å²) in [6.45, 7) is 1.19. The Bertz CT molecular complexity index is 110. The second-order valence-electron chi connectivity index (χ2n) is 1.15. The maximum absolute atomic E-state index is 8.93. The van der Waals surface area contributed by atoms with Gasteiger partial charge in [-0.2, -0.15) is 0 Å². The van der Waals surface area contributed by atoms with Crippen LogP contribution in [0.25, 0.3) is 0 Å². The normalized spacial score (nSPS) is 6.17. The van der Waals surface area contributed by atoms with E-state index in [1.54, 1.807) is 0 Å². The van der Waals surface area contributed by atoms with Crippen LogP contribution in [0, 0.1) is 0 Å². The Balaban J connectivity index is -0.0000000483. The molecule has 0 heterocycles. The van der Waals surface area contributed by atoms with E-state index in [-0.39, 0.29) is 29.2 Å². The molecule has 0 saturated heterocycles. The van der Waals surface area contributed by atoms with E-state index >= 15 is 0 Å². The van der Waals surface area contributed by atoms with Crippen LogP contribution in [0.15, 0.2) is 0 Å². The molecule has 0 aliphatic carbocycles. The molecule has 0 aromatic carbocycles. The summed E-state index contributed by atoms with van der Waals surface area (Å²) in [7, 11) is 0. The first-order valence-corrected chi connectivity index (χ1v) is 2.38. The Morgan fingerprint density at radius 3 is 1.17 bits per heavy atom. The first kappa shape index (κ1) is 22.6. The van der Waals surface area contributed by atoms with Gasteiger partial charge in [0.1, 0.15) is 0 Å². The summed E-state index contributed by atoms with van der Waals surface area (Å²) >= 11 is 0. The summed E-state index contributed by atoms with van der Waals surface area (Å²) in [5.41, 5.74) is 9.81. The minimum absolute atomic E-state index is 0. The number of carbonyl (C=O) groups excluding carboxylic acids is 2. The van der Waals surface area contributed by atoms with Crippen molar-refractivity contribution in [2.75, 3.05) is 13.1 Å². The average molecular weight is 243 g/mol. The molecule has 0 atom stereocenters. The van der Waals surface area contributed by atoms with Crippen LogP contribution in [0.5, 0.6) is 0 Å². The minimum Gasteiger partial charge on any atom is -1.00 e. The Kier molecular flexibility index (Phi) is 31.9. The van der Waals surface area contributed by atoms with Crippen LogP contribution in [0.4, 0.5) is 0 Å². The molecule has 0 aliphatic rings. The van der Waals surface area contributed by atoms with Gasteiger partial charge in [-0.25, -0.2) is 0 Å². The SMILES string of the molecule is NCCN.O=C([O-])C(=O)[O-].[Cl-].[Co+3]. The number of carbonyl (C=O) groups is 2. The molecule has 4 N–H and O–H groups in total. The van der Waals surface area contributed by atoms with Gasteiger partial charge in [-0.1, -0.05) is 0 Å². The summed E-state index contributed by atoms with van der Waals surface area (Å²) < 4.78 is 0. The molecule has 0 fully saturated rings. The number of carboxylic acids is 2. The van der Waals surface area contributed by atoms with Crippen molar-refractivity contribution < 1.29 is 49.0 Å². The Morgan fingerprint density at radius 1 is 1.00 bits per heavy atom. The second-order valence-corrected chi connectivity index (χ2v) is 1.15. The van der Waals surface area contributed by atoms with Crippen LogP contribution in [0.2, 0.25) is 0 Å². The first-order chi connectivity index (χ1) is 4.56. The van der Waals surface area contributed by atoms with Crippen molar-refractivity contribution in [1.82, 2.24) is 0 Å². The van der Waals surface area contributed by atoms with Crippen molar-refractivity contribution in [2.45, 2.75) is 0 Å². The third kappa shape index (κ3) is 33.4. The van der Waals surface area contributed by atoms with Crippen molar-refractivity contribution in [3.05, 3.63) is 0 Å². The Morgan fingerprint density at radius 2 is 1.17 bits per heavy atom. The zero-order chi connectivity index (χ0) is 8.57. The third-order valence-electron chi connectivity index (χ3n) is 0.333. The van der Waals surface area contributed by atoms with Crippen molar-refractivity contribution in [1.29, 1.82) is 0 Å². The van der Waals surface area contributed by atoms with Gasteiger partial charge in [-0.05, 0) is 0 Å². The third-order valence-corrected chi connectivity index (χ3v) is 0.333. The molecule has 0 rings (SSSR count). The number of halogens is 1. The molecule has 0 spiro atoms. The van der Waals surface area contributed by atoms with Gasteiger partial charge >= 0.3 is 16.8 Å². The van der Waals surface area contributed by atoms with Crippen LogP contribution in [0.3, 0.4) is 0 Å². The van der Waals surface area contributed by atoms with Gasteiger partial charge in [-0.15, -0.1) is 0 Å². The molecule has 0 aromatic rings. The van der Waals surface area contributed by atoms with E-state index < -0.39 is 11.9 Å². The molecule has 12 heavy (non-hydrogen) atoms. The fourth-order valence-corrected chi connectivity index (χ4v) is 0. The van der Waals surface area contributed by atoms with E-state index in [1.807, 2.05) is 0 Å². The van der Waals surface area contributed by atoms with Gasteiger partial charge in [-0.3, -0.25) is 0 Å². The van der Waals surface area contributed by atoms with Crippen LogP contribution in [0.1, 0.15) is 0 Å². The largest absolute Gasteiger partial charge is 3.00 e. The van der Waals surface area contributed by atoms with Crippen molar-refractivity contribution >= 4 is 11.9 Å². The molecule has 0 aromatic heterocycles. The summed E-state index contributed by atoms with van der Waals surface area (Å²) in [5, 5.41) is 17.9. The zero-order valence-corrected chi connectivity index (χ0v) is 7.71. The minimum atomic E-state index is -2.19. The van der Waals surface area contributed by atoms with Crippen LogP contribution in [-0.2, 0) is 26.4 Å². The van der Waals surface area contributed by atoms with Gasteiger partial charge in [0, 0.05) is 13.1 Å². The van der Waals surface area contributed by atoms with Gasteiger partial charge in [0.05, 0.1) is 11.9 Å². The van der Waals surface area contributed by atoms with Crippen LogP contribution < -0.4 is 34.1 Å². The monoisotopic (exact) mass is 242 g/mol. The number of hydrogen-bond acceptors (Lipinski definition) is 6. The molecule has 0 aliphatic heterocycles. The Hall–Kier alpha value is -0.344. The molecular formula is C4H8ClCoN2O4. The molecular weight excluding hydrogens is 234 g/mol. The predicted octanol–water partition coefficient (Wildman–Crippen LogP) is -7.61. The molecule has 74 valence electrons. The van der Waals surface area contributed by atoms with Crippen molar-refractivity contribution in [3.8, 4) is 0 Å². The first-order valence-electron chi connectivity index (χ1n) is 2.38. The second kappa shape index (κ2) is 17.0. The van der Waals surface area contributed by atoms with Crippen molar-refractivity contribution in [3.63, 3.8) is 0 Å². The molecule has 6 nitrogen and oxygen atoms in total. The van der Waals surface area contributed by atoms with Gasteiger partial charge in [0.15, 0.2) is 0 Å². The number of rotatable bonds is 1. The van der Waals surface area contributed by atoms with Crippen LogP contribution in [-0.4, -0.2) is 25.0 Å². The topological polar surface area (TPSA) is 132 Å². The smallest absolute Gasteiger partial charge is 1.00 e. The van der Waals surface area contributed by atoms with E-state index in [0.717, 1.165) is 0 Å². The van der Waals surface area contributed by atoms with Gasteiger partial charge < -0.3 is 43.7 Å². The molecule has 0 radical (unpaired) electrons. The number of nitrogens with two attached hydrogens (primary N) is 2. The van der Waals surface area contributed by atoms with E-state index in [9.17, 15) is 0 Å². The van der Waals surface area contributed by atoms with E-state index in [2.05, 4.69) is 0 Å². The zero-order valence-electron chi connectivity index (χ0n) is 5.91. The fraction of sp³-hybridized carbons (Fsp3) is 0.500. The fourth-order valence-electron chi connectivity index (χ4n) is 0. The summed E-state index contributed by atoms with van der Waals surface area (Å²) in [6, 6.07) is 0. The molecule has 0 unspecified atom stereocenters.